The summed E-state index contributed by atoms with van der Waals surface area (Å²) in [7, 11) is 1.97. The van der Waals surface area contributed by atoms with Crippen molar-refractivity contribution in [2.45, 2.75) is 32.4 Å². The quantitative estimate of drug-likeness (QED) is 0.796. The number of ether oxygens (including phenoxy) is 3. The summed E-state index contributed by atoms with van der Waals surface area (Å²) in [6.45, 7) is 7.15. The second kappa shape index (κ2) is 7.68. The second-order valence-corrected chi connectivity index (χ2v) is 7.00. The molecule has 26 heavy (non-hydrogen) atoms. The van der Waals surface area contributed by atoms with Crippen LogP contribution in [0.3, 0.4) is 0 Å². The van der Waals surface area contributed by atoms with Gasteiger partial charge in [-0.2, -0.15) is 5.10 Å². The van der Waals surface area contributed by atoms with Gasteiger partial charge in [0.15, 0.2) is 11.5 Å². The van der Waals surface area contributed by atoms with Crippen LogP contribution in [0.2, 0.25) is 0 Å². The van der Waals surface area contributed by atoms with Crippen molar-refractivity contribution in [3.05, 3.63) is 30.0 Å². The lowest BCUT2D eigenvalue weighted by Crippen LogP contribution is -2.31. The van der Waals surface area contributed by atoms with E-state index in [2.05, 4.69) is 24.1 Å². The van der Waals surface area contributed by atoms with E-state index in [0.29, 0.717) is 19.3 Å². The highest BCUT2D eigenvalue weighted by atomic mass is 16.6. The van der Waals surface area contributed by atoms with Crippen LogP contribution in [0.5, 0.6) is 11.5 Å². The summed E-state index contributed by atoms with van der Waals surface area (Å²) in [5, 5.41) is 4.71. The molecule has 6 nitrogen and oxygen atoms in total. The molecular formula is C20H27N3O3. The van der Waals surface area contributed by atoms with Gasteiger partial charge in [-0.1, -0.05) is 6.92 Å². The SMILES string of the molecule is CCN(Cc1cn(C)nc1-c1ccc2c(c1)OCCO2)CC1CCCO1. The highest BCUT2D eigenvalue weighted by Crippen LogP contribution is 2.35. The molecule has 1 aromatic carbocycles. The molecule has 0 N–H and O–H groups in total. The summed E-state index contributed by atoms with van der Waals surface area (Å²) in [4.78, 5) is 2.44. The van der Waals surface area contributed by atoms with Crippen molar-refractivity contribution in [3.8, 4) is 22.8 Å². The Morgan fingerprint density at radius 2 is 2.04 bits per heavy atom. The molecule has 6 heteroatoms. The van der Waals surface area contributed by atoms with E-state index in [1.54, 1.807) is 0 Å². The van der Waals surface area contributed by atoms with Crippen molar-refractivity contribution < 1.29 is 14.2 Å². The monoisotopic (exact) mass is 357 g/mol. The molecule has 1 atom stereocenters. The maximum atomic E-state index is 5.81. The predicted octanol–water partition coefficient (Wildman–Crippen LogP) is 2.86. The largest absolute Gasteiger partial charge is 0.486 e. The molecule has 1 fully saturated rings. The van der Waals surface area contributed by atoms with E-state index in [9.17, 15) is 0 Å². The van der Waals surface area contributed by atoms with E-state index in [-0.39, 0.29) is 0 Å². The Labute approximate surface area is 154 Å². The molecule has 4 rings (SSSR count). The smallest absolute Gasteiger partial charge is 0.162 e. The fourth-order valence-electron chi connectivity index (χ4n) is 3.71. The Hall–Kier alpha value is -2.05. The van der Waals surface area contributed by atoms with Crippen LogP contribution in [-0.4, -0.2) is 53.7 Å². The maximum absolute atomic E-state index is 5.81. The van der Waals surface area contributed by atoms with Crippen molar-refractivity contribution in [3.63, 3.8) is 0 Å². The molecule has 0 radical (unpaired) electrons. The molecule has 140 valence electrons. The summed E-state index contributed by atoms with van der Waals surface area (Å²) in [5.74, 6) is 1.61. The Morgan fingerprint density at radius 3 is 2.81 bits per heavy atom. The minimum Gasteiger partial charge on any atom is -0.486 e. The maximum Gasteiger partial charge on any atom is 0.162 e. The lowest BCUT2D eigenvalue weighted by molar-refractivity contribution is 0.0725. The Morgan fingerprint density at radius 1 is 1.19 bits per heavy atom. The molecule has 1 unspecified atom stereocenters. The molecule has 3 heterocycles. The van der Waals surface area contributed by atoms with Crippen molar-refractivity contribution in [2.75, 3.05) is 32.9 Å². The van der Waals surface area contributed by atoms with Crippen molar-refractivity contribution >= 4 is 0 Å². The van der Waals surface area contributed by atoms with Gasteiger partial charge in [0.25, 0.3) is 0 Å². The Bertz CT molecular complexity index is 753. The Balaban J connectivity index is 1.56. The van der Waals surface area contributed by atoms with Gasteiger partial charge in [-0.25, -0.2) is 0 Å². The highest BCUT2D eigenvalue weighted by molar-refractivity contribution is 5.66. The molecule has 1 aromatic heterocycles. The zero-order chi connectivity index (χ0) is 17.9. The van der Waals surface area contributed by atoms with Gasteiger partial charge in [0, 0.05) is 44.1 Å². The molecule has 2 aliphatic rings. The first-order chi connectivity index (χ1) is 12.7. The number of fused-ring (bicyclic) bond motifs is 1. The van der Waals surface area contributed by atoms with E-state index < -0.39 is 0 Å². The molecule has 0 spiro atoms. The first-order valence-corrected chi connectivity index (χ1v) is 9.49. The van der Waals surface area contributed by atoms with E-state index in [0.717, 1.165) is 49.0 Å². The fraction of sp³-hybridized carbons (Fsp3) is 0.550. The van der Waals surface area contributed by atoms with Crippen molar-refractivity contribution in [1.82, 2.24) is 14.7 Å². The van der Waals surface area contributed by atoms with Crippen molar-refractivity contribution in [2.24, 2.45) is 7.05 Å². The van der Waals surface area contributed by atoms with Crippen LogP contribution in [-0.2, 0) is 18.3 Å². The molecule has 2 aliphatic heterocycles. The van der Waals surface area contributed by atoms with Gasteiger partial charge in [-0.3, -0.25) is 9.58 Å². The zero-order valence-corrected chi connectivity index (χ0v) is 15.6. The summed E-state index contributed by atoms with van der Waals surface area (Å²) < 4.78 is 19.1. The molecular weight excluding hydrogens is 330 g/mol. The standard InChI is InChI=1S/C20H27N3O3/c1-3-23(14-17-5-4-8-24-17)13-16-12-22(2)21-20(16)15-6-7-18-19(11-15)26-10-9-25-18/h6-7,11-12,17H,3-5,8-10,13-14H2,1-2H3. The first-order valence-electron chi connectivity index (χ1n) is 9.49. The van der Waals surface area contributed by atoms with Crippen LogP contribution < -0.4 is 9.47 Å². The molecule has 0 bridgehead atoms. The number of benzene rings is 1. The van der Waals surface area contributed by atoms with Crippen LogP contribution in [0.1, 0.15) is 25.3 Å². The van der Waals surface area contributed by atoms with Gasteiger partial charge in [-0.15, -0.1) is 0 Å². The lowest BCUT2D eigenvalue weighted by atomic mass is 10.1. The summed E-state index contributed by atoms with van der Waals surface area (Å²) >= 11 is 0. The first kappa shape index (κ1) is 17.4. The topological polar surface area (TPSA) is 48.8 Å². The van der Waals surface area contributed by atoms with E-state index in [1.807, 2.05) is 23.9 Å². The van der Waals surface area contributed by atoms with E-state index in [4.69, 9.17) is 19.3 Å². The average molecular weight is 357 g/mol. The van der Waals surface area contributed by atoms with Gasteiger partial charge in [-0.05, 0) is 37.6 Å². The number of hydrogen-bond donors (Lipinski definition) is 0. The van der Waals surface area contributed by atoms with E-state index in [1.165, 1.54) is 18.4 Å². The number of hydrogen-bond acceptors (Lipinski definition) is 5. The average Bonchev–Trinajstić information content (AvgIpc) is 3.30. The summed E-state index contributed by atoms with van der Waals surface area (Å²) in [6.07, 6.45) is 4.82. The number of likely N-dealkylation sites (N-methyl/N-ethyl adjacent to an activating group) is 1. The zero-order valence-electron chi connectivity index (χ0n) is 15.6. The van der Waals surface area contributed by atoms with Crippen molar-refractivity contribution in [1.29, 1.82) is 0 Å². The van der Waals surface area contributed by atoms with Crippen LogP contribution in [0.25, 0.3) is 11.3 Å². The summed E-state index contributed by atoms with van der Waals surface area (Å²) in [5.41, 5.74) is 3.30. The third-order valence-electron chi connectivity index (χ3n) is 5.05. The van der Waals surface area contributed by atoms with Crippen LogP contribution in [0.15, 0.2) is 24.4 Å². The lowest BCUT2D eigenvalue weighted by Gasteiger charge is -2.23. The van der Waals surface area contributed by atoms with Crippen LogP contribution >= 0.6 is 0 Å². The van der Waals surface area contributed by atoms with E-state index >= 15 is 0 Å². The van der Waals surface area contributed by atoms with Gasteiger partial charge in [0.05, 0.1) is 11.8 Å². The third-order valence-corrected chi connectivity index (χ3v) is 5.05. The Kier molecular flexibility index (Phi) is 5.13. The number of rotatable bonds is 6. The minimum absolute atomic E-state index is 0.365. The van der Waals surface area contributed by atoms with Gasteiger partial charge in [0.1, 0.15) is 13.2 Å². The van der Waals surface area contributed by atoms with Crippen LogP contribution in [0, 0.1) is 0 Å². The molecule has 2 aromatic rings. The predicted molar refractivity (Wildman–Crippen MR) is 99.6 cm³/mol. The summed E-state index contributed by atoms with van der Waals surface area (Å²) in [6, 6.07) is 6.08. The normalized spacial score (nSPS) is 19.3. The van der Waals surface area contributed by atoms with Gasteiger partial charge < -0.3 is 14.2 Å². The molecule has 0 amide bonds. The number of nitrogens with zero attached hydrogens (tertiary/aromatic N) is 3. The number of aromatic nitrogens is 2. The number of aryl methyl sites for hydroxylation is 1. The van der Waals surface area contributed by atoms with Crippen LogP contribution in [0.4, 0.5) is 0 Å². The second-order valence-electron chi connectivity index (χ2n) is 7.00. The fourth-order valence-corrected chi connectivity index (χ4v) is 3.71. The molecule has 0 aliphatic carbocycles. The highest BCUT2D eigenvalue weighted by Gasteiger charge is 2.21. The molecule has 0 saturated carbocycles. The minimum atomic E-state index is 0.365. The third kappa shape index (κ3) is 3.71. The van der Waals surface area contributed by atoms with Gasteiger partial charge in [0.2, 0.25) is 0 Å². The molecule has 1 saturated heterocycles. The van der Waals surface area contributed by atoms with Gasteiger partial charge >= 0.3 is 0 Å².